The van der Waals surface area contributed by atoms with E-state index < -0.39 is 12.1 Å². The van der Waals surface area contributed by atoms with E-state index in [0.29, 0.717) is 23.7 Å². The monoisotopic (exact) mass is 296 g/mol. The average molecular weight is 297 g/mol. The molecule has 1 saturated heterocycles. The van der Waals surface area contributed by atoms with Gasteiger partial charge in [-0.05, 0) is 38.0 Å². The van der Waals surface area contributed by atoms with Gasteiger partial charge in [-0.2, -0.15) is 0 Å². The SMILES string of the molecule is C[C@H](Oc1cccc(Cl)c1)C(=O)N[C@@H]1CCCNC1=O. The quantitative estimate of drug-likeness (QED) is 0.885. The Labute approximate surface area is 122 Å². The van der Waals surface area contributed by atoms with E-state index in [4.69, 9.17) is 16.3 Å². The molecular formula is C14H17ClN2O3. The molecule has 6 heteroatoms. The van der Waals surface area contributed by atoms with Crippen molar-refractivity contribution >= 4 is 23.4 Å². The van der Waals surface area contributed by atoms with Crippen molar-refractivity contribution in [3.05, 3.63) is 29.3 Å². The molecule has 2 amide bonds. The highest BCUT2D eigenvalue weighted by atomic mass is 35.5. The van der Waals surface area contributed by atoms with Gasteiger partial charge in [0.15, 0.2) is 6.10 Å². The van der Waals surface area contributed by atoms with Crippen molar-refractivity contribution in [2.75, 3.05) is 6.54 Å². The number of carbonyl (C=O) groups excluding carboxylic acids is 2. The van der Waals surface area contributed by atoms with Crippen LogP contribution in [0.1, 0.15) is 19.8 Å². The van der Waals surface area contributed by atoms with E-state index in [1.54, 1.807) is 31.2 Å². The molecule has 2 N–H and O–H groups in total. The molecule has 0 bridgehead atoms. The minimum atomic E-state index is -0.691. The third kappa shape index (κ3) is 3.87. The molecule has 5 nitrogen and oxygen atoms in total. The third-order valence-corrected chi connectivity index (χ3v) is 3.32. The van der Waals surface area contributed by atoms with E-state index in [-0.39, 0.29) is 11.8 Å². The Hall–Kier alpha value is -1.75. The molecule has 0 aliphatic carbocycles. The van der Waals surface area contributed by atoms with Gasteiger partial charge in [-0.3, -0.25) is 9.59 Å². The highest BCUT2D eigenvalue weighted by Crippen LogP contribution is 2.18. The average Bonchev–Trinajstić information content (AvgIpc) is 2.41. The molecule has 1 heterocycles. The molecule has 2 atom stereocenters. The number of nitrogens with one attached hydrogen (secondary N) is 2. The van der Waals surface area contributed by atoms with Crippen LogP contribution in [0, 0.1) is 0 Å². The van der Waals surface area contributed by atoms with E-state index in [1.165, 1.54) is 0 Å². The van der Waals surface area contributed by atoms with Crippen LogP contribution in [0.5, 0.6) is 5.75 Å². The molecule has 2 rings (SSSR count). The first-order valence-corrected chi connectivity index (χ1v) is 6.94. The summed E-state index contributed by atoms with van der Waals surface area (Å²) in [6.45, 7) is 2.30. The lowest BCUT2D eigenvalue weighted by Crippen LogP contribution is -2.52. The van der Waals surface area contributed by atoms with Crippen molar-refractivity contribution in [1.29, 1.82) is 0 Å². The third-order valence-electron chi connectivity index (χ3n) is 3.08. The van der Waals surface area contributed by atoms with E-state index in [9.17, 15) is 9.59 Å². The largest absolute Gasteiger partial charge is 0.481 e. The van der Waals surface area contributed by atoms with Crippen LogP contribution in [0.3, 0.4) is 0 Å². The molecule has 1 aliphatic rings. The van der Waals surface area contributed by atoms with Crippen molar-refractivity contribution in [2.45, 2.75) is 31.9 Å². The maximum Gasteiger partial charge on any atom is 0.261 e. The smallest absolute Gasteiger partial charge is 0.261 e. The Kier molecular flexibility index (Phi) is 4.84. The fourth-order valence-electron chi connectivity index (χ4n) is 2.00. The summed E-state index contributed by atoms with van der Waals surface area (Å²) in [7, 11) is 0. The number of halogens is 1. The van der Waals surface area contributed by atoms with Gasteiger partial charge in [0.25, 0.3) is 5.91 Å². The van der Waals surface area contributed by atoms with Crippen LogP contribution in [-0.4, -0.2) is 30.5 Å². The molecule has 0 saturated carbocycles. The maximum atomic E-state index is 12.0. The normalized spacial score (nSPS) is 19.9. The molecule has 1 fully saturated rings. The first-order chi connectivity index (χ1) is 9.56. The lowest BCUT2D eigenvalue weighted by Gasteiger charge is -2.24. The van der Waals surface area contributed by atoms with Crippen molar-refractivity contribution in [3.63, 3.8) is 0 Å². The zero-order valence-electron chi connectivity index (χ0n) is 11.2. The lowest BCUT2D eigenvalue weighted by molar-refractivity contribution is -0.133. The number of carbonyl (C=O) groups is 2. The summed E-state index contributed by atoms with van der Waals surface area (Å²) in [6, 6.07) is 6.37. The van der Waals surface area contributed by atoms with Crippen LogP contribution in [0.2, 0.25) is 5.02 Å². The highest BCUT2D eigenvalue weighted by molar-refractivity contribution is 6.30. The minimum Gasteiger partial charge on any atom is -0.481 e. The van der Waals surface area contributed by atoms with Crippen molar-refractivity contribution < 1.29 is 14.3 Å². The molecule has 0 aromatic heterocycles. The molecule has 1 aliphatic heterocycles. The molecule has 20 heavy (non-hydrogen) atoms. The van der Waals surface area contributed by atoms with E-state index in [1.807, 2.05) is 0 Å². The second-order valence-electron chi connectivity index (χ2n) is 4.71. The summed E-state index contributed by atoms with van der Waals surface area (Å²) in [6.07, 6.45) is 0.824. The van der Waals surface area contributed by atoms with Crippen LogP contribution < -0.4 is 15.4 Å². The summed E-state index contributed by atoms with van der Waals surface area (Å²) < 4.78 is 5.51. The van der Waals surface area contributed by atoms with Gasteiger partial charge in [0.05, 0.1) is 0 Å². The molecular weight excluding hydrogens is 280 g/mol. The predicted octanol–water partition coefficient (Wildman–Crippen LogP) is 1.50. The van der Waals surface area contributed by atoms with Crippen molar-refractivity contribution in [1.82, 2.24) is 10.6 Å². The first-order valence-electron chi connectivity index (χ1n) is 6.56. The maximum absolute atomic E-state index is 12.0. The van der Waals surface area contributed by atoms with Crippen molar-refractivity contribution in [3.8, 4) is 5.75 Å². The summed E-state index contributed by atoms with van der Waals surface area (Å²) in [5.41, 5.74) is 0. The van der Waals surface area contributed by atoms with Gasteiger partial charge < -0.3 is 15.4 Å². The summed E-state index contributed by atoms with van der Waals surface area (Å²) in [4.78, 5) is 23.6. The van der Waals surface area contributed by atoms with Crippen LogP contribution in [0.4, 0.5) is 0 Å². The summed E-state index contributed by atoms with van der Waals surface area (Å²) >= 11 is 5.85. The Morgan fingerprint density at radius 3 is 3.05 bits per heavy atom. The number of benzene rings is 1. The van der Waals surface area contributed by atoms with Gasteiger partial charge in [-0.15, -0.1) is 0 Å². The summed E-state index contributed by atoms with van der Waals surface area (Å²) in [5.74, 6) is 0.0693. The molecule has 0 spiro atoms. The second-order valence-corrected chi connectivity index (χ2v) is 5.15. The van der Waals surface area contributed by atoms with Crippen LogP contribution in [-0.2, 0) is 9.59 Å². The molecule has 1 aromatic carbocycles. The molecule has 108 valence electrons. The second kappa shape index (κ2) is 6.61. The fourth-order valence-corrected chi connectivity index (χ4v) is 2.18. The summed E-state index contributed by atoms with van der Waals surface area (Å²) in [5, 5.41) is 5.96. The van der Waals surface area contributed by atoms with Gasteiger partial charge in [-0.25, -0.2) is 0 Å². The Morgan fingerprint density at radius 2 is 2.35 bits per heavy atom. The first kappa shape index (κ1) is 14.7. The number of hydrogen-bond donors (Lipinski definition) is 2. The zero-order valence-corrected chi connectivity index (χ0v) is 11.9. The Bertz CT molecular complexity index is 507. The zero-order chi connectivity index (χ0) is 14.5. The number of hydrogen-bond acceptors (Lipinski definition) is 3. The molecule has 0 radical (unpaired) electrons. The van der Waals surface area contributed by atoms with Gasteiger partial charge in [0.1, 0.15) is 11.8 Å². The fraction of sp³-hybridized carbons (Fsp3) is 0.429. The Balaban J connectivity index is 1.90. The highest BCUT2D eigenvalue weighted by Gasteiger charge is 2.26. The van der Waals surface area contributed by atoms with E-state index in [0.717, 1.165) is 6.42 Å². The van der Waals surface area contributed by atoms with E-state index in [2.05, 4.69) is 10.6 Å². The lowest BCUT2D eigenvalue weighted by atomic mass is 10.1. The van der Waals surface area contributed by atoms with Crippen LogP contribution in [0.15, 0.2) is 24.3 Å². The standard InChI is InChI=1S/C14H17ClN2O3/c1-9(20-11-5-2-4-10(15)8-11)13(18)17-12-6-3-7-16-14(12)19/h2,4-5,8-9,12H,3,6-7H2,1H3,(H,16,19)(H,17,18)/t9-,12+/m0/s1. The van der Waals surface area contributed by atoms with Crippen molar-refractivity contribution in [2.24, 2.45) is 0 Å². The number of amides is 2. The predicted molar refractivity (Wildman–Crippen MR) is 75.7 cm³/mol. The minimum absolute atomic E-state index is 0.139. The van der Waals surface area contributed by atoms with Crippen LogP contribution in [0.25, 0.3) is 0 Å². The van der Waals surface area contributed by atoms with Gasteiger partial charge in [-0.1, -0.05) is 17.7 Å². The number of ether oxygens (including phenoxy) is 1. The van der Waals surface area contributed by atoms with E-state index >= 15 is 0 Å². The van der Waals surface area contributed by atoms with Gasteiger partial charge in [0.2, 0.25) is 5.91 Å². The Morgan fingerprint density at radius 1 is 1.55 bits per heavy atom. The molecule has 1 aromatic rings. The van der Waals surface area contributed by atoms with Crippen LogP contribution >= 0.6 is 11.6 Å². The number of rotatable bonds is 4. The van der Waals surface area contributed by atoms with Gasteiger partial charge >= 0.3 is 0 Å². The topological polar surface area (TPSA) is 67.4 Å². The van der Waals surface area contributed by atoms with Gasteiger partial charge in [0, 0.05) is 11.6 Å². The number of piperidine rings is 1. The molecule has 0 unspecified atom stereocenters.